The number of aryl methyl sites for hydroxylation is 4. The molecule has 0 aliphatic carbocycles. The molecule has 106 valence electrons. The zero-order chi connectivity index (χ0) is 15.0. The number of nitrogens with zero attached hydrogens (tertiary/aromatic N) is 2. The van der Waals surface area contributed by atoms with Gasteiger partial charge in [0, 0.05) is 11.3 Å². The molecule has 1 N–H and O–H groups in total. The lowest BCUT2D eigenvalue weighted by Crippen LogP contribution is -2.06. The second-order valence-electron chi connectivity index (χ2n) is 5.38. The lowest BCUT2D eigenvalue weighted by molar-refractivity contribution is -0.136. The van der Waals surface area contributed by atoms with E-state index < -0.39 is 5.97 Å². The summed E-state index contributed by atoms with van der Waals surface area (Å²) in [4.78, 5) is 11.0. The first-order chi connectivity index (χ1) is 9.31. The molecular formula is C16H20N2O2. The number of rotatable bonds is 3. The summed E-state index contributed by atoms with van der Waals surface area (Å²) < 4.78 is 1.87. The third-order valence-electron chi connectivity index (χ3n) is 3.62. The van der Waals surface area contributed by atoms with Crippen molar-refractivity contribution in [1.29, 1.82) is 0 Å². The fourth-order valence-electron chi connectivity index (χ4n) is 2.81. The summed E-state index contributed by atoms with van der Waals surface area (Å²) in [6.07, 6.45) is 0.0155. The van der Waals surface area contributed by atoms with Crippen LogP contribution in [0.2, 0.25) is 0 Å². The molecule has 2 aromatic rings. The number of benzene rings is 1. The van der Waals surface area contributed by atoms with Gasteiger partial charge < -0.3 is 5.11 Å². The maximum Gasteiger partial charge on any atom is 0.307 e. The number of carboxylic acid groups (broad SMARTS) is 1. The predicted octanol–water partition coefficient (Wildman–Crippen LogP) is 3.04. The van der Waals surface area contributed by atoms with Crippen LogP contribution >= 0.6 is 0 Å². The molecule has 0 unspecified atom stereocenters. The topological polar surface area (TPSA) is 55.1 Å². The maximum atomic E-state index is 11.0. The van der Waals surface area contributed by atoms with Crippen molar-refractivity contribution in [2.24, 2.45) is 0 Å². The Hall–Kier alpha value is -2.10. The Morgan fingerprint density at radius 1 is 1.15 bits per heavy atom. The standard InChI is InChI=1S/C16H20N2O2/c1-9-6-10(2)16(11(3)7-9)18-13(5)14(8-15(19)20)12(4)17-18/h6-7H,8H2,1-5H3,(H,19,20). The Bertz CT molecular complexity index is 661. The Balaban J connectivity index is 2.63. The number of aliphatic carboxylic acids is 1. The van der Waals surface area contributed by atoms with Crippen molar-refractivity contribution in [1.82, 2.24) is 9.78 Å². The molecule has 1 heterocycles. The molecule has 4 nitrogen and oxygen atoms in total. The summed E-state index contributed by atoms with van der Waals surface area (Å²) in [5.41, 5.74) is 7.05. The second kappa shape index (κ2) is 5.12. The van der Waals surface area contributed by atoms with Crippen molar-refractivity contribution in [2.75, 3.05) is 0 Å². The highest BCUT2D eigenvalue weighted by atomic mass is 16.4. The second-order valence-corrected chi connectivity index (χ2v) is 5.38. The molecule has 20 heavy (non-hydrogen) atoms. The molecule has 0 saturated heterocycles. The van der Waals surface area contributed by atoms with Crippen LogP contribution in [-0.2, 0) is 11.2 Å². The van der Waals surface area contributed by atoms with E-state index in [1.807, 2.05) is 18.5 Å². The molecule has 4 heteroatoms. The smallest absolute Gasteiger partial charge is 0.307 e. The monoisotopic (exact) mass is 272 g/mol. The fourth-order valence-corrected chi connectivity index (χ4v) is 2.81. The average Bonchev–Trinajstić information content (AvgIpc) is 2.55. The zero-order valence-corrected chi connectivity index (χ0v) is 12.6. The molecule has 1 aromatic carbocycles. The van der Waals surface area contributed by atoms with Crippen LogP contribution in [0, 0.1) is 34.6 Å². The summed E-state index contributed by atoms with van der Waals surface area (Å²) in [5, 5.41) is 13.5. The van der Waals surface area contributed by atoms with Crippen LogP contribution in [0.1, 0.15) is 33.6 Å². The molecule has 0 aliphatic rings. The summed E-state index contributed by atoms with van der Waals surface area (Å²) in [6, 6.07) is 4.24. The van der Waals surface area contributed by atoms with E-state index in [9.17, 15) is 4.79 Å². The quantitative estimate of drug-likeness (QED) is 0.934. The lowest BCUT2D eigenvalue weighted by atomic mass is 10.0. The molecule has 0 atom stereocenters. The van der Waals surface area contributed by atoms with Crippen molar-refractivity contribution < 1.29 is 9.90 Å². The minimum atomic E-state index is -0.826. The van der Waals surface area contributed by atoms with E-state index in [0.29, 0.717) is 0 Å². The highest BCUT2D eigenvalue weighted by Gasteiger charge is 2.17. The van der Waals surface area contributed by atoms with E-state index >= 15 is 0 Å². The van der Waals surface area contributed by atoms with E-state index in [1.54, 1.807) is 0 Å². The largest absolute Gasteiger partial charge is 0.481 e. The van der Waals surface area contributed by atoms with Gasteiger partial charge in [0.1, 0.15) is 0 Å². The van der Waals surface area contributed by atoms with Gasteiger partial charge in [0.15, 0.2) is 0 Å². The number of hydrogen-bond acceptors (Lipinski definition) is 2. The van der Waals surface area contributed by atoms with Crippen LogP contribution in [0.25, 0.3) is 5.69 Å². The summed E-state index contributed by atoms with van der Waals surface area (Å²) in [7, 11) is 0. The minimum Gasteiger partial charge on any atom is -0.481 e. The van der Waals surface area contributed by atoms with Gasteiger partial charge in [0.05, 0.1) is 17.8 Å². The highest BCUT2D eigenvalue weighted by molar-refractivity contribution is 5.71. The third-order valence-corrected chi connectivity index (χ3v) is 3.62. The van der Waals surface area contributed by atoms with Crippen LogP contribution in [0.5, 0.6) is 0 Å². The molecule has 0 saturated carbocycles. The highest BCUT2D eigenvalue weighted by Crippen LogP contribution is 2.24. The van der Waals surface area contributed by atoms with E-state index in [1.165, 1.54) is 5.56 Å². The van der Waals surface area contributed by atoms with Crippen LogP contribution in [0.4, 0.5) is 0 Å². The molecule has 2 rings (SSSR count). The van der Waals surface area contributed by atoms with Crippen molar-refractivity contribution in [3.63, 3.8) is 0 Å². The van der Waals surface area contributed by atoms with Crippen molar-refractivity contribution in [3.8, 4) is 5.69 Å². The molecule has 0 radical (unpaired) electrons. The third kappa shape index (κ3) is 2.46. The van der Waals surface area contributed by atoms with Gasteiger partial charge in [0.2, 0.25) is 0 Å². The van der Waals surface area contributed by atoms with E-state index in [0.717, 1.165) is 33.8 Å². The first-order valence-corrected chi connectivity index (χ1v) is 6.66. The number of carbonyl (C=O) groups is 1. The average molecular weight is 272 g/mol. The van der Waals surface area contributed by atoms with Crippen molar-refractivity contribution in [2.45, 2.75) is 41.0 Å². The van der Waals surface area contributed by atoms with Gasteiger partial charge in [0.25, 0.3) is 0 Å². The number of carboxylic acids is 1. The molecule has 0 amide bonds. The molecule has 1 aromatic heterocycles. The van der Waals surface area contributed by atoms with Gasteiger partial charge in [-0.25, -0.2) is 4.68 Å². The minimum absolute atomic E-state index is 0.0155. The van der Waals surface area contributed by atoms with Crippen LogP contribution in [0.15, 0.2) is 12.1 Å². The predicted molar refractivity (Wildman–Crippen MR) is 78.6 cm³/mol. The van der Waals surface area contributed by atoms with Gasteiger partial charge in [-0.1, -0.05) is 17.7 Å². The summed E-state index contributed by atoms with van der Waals surface area (Å²) in [6.45, 7) is 9.98. The Morgan fingerprint density at radius 3 is 2.20 bits per heavy atom. The van der Waals surface area contributed by atoms with Crippen molar-refractivity contribution in [3.05, 3.63) is 45.8 Å². The van der Waals surface area contributed by atoms with E-state index in [2.05, 4.69) is 38.0 Å². The SMILES string of the molecule is Cc1cc(C)c(-n2nc(C)c(CC(=O)O)c2C)c(C)c1. The van der Waals surface area contributed by atoms with Crippen LogP contribution in [0.3, 0.4) is 0 Å². The summed E-state index contributed by atoms with van der Waals surface area (Å²) in [5.74, 6) is -0.826. The Labute approximate surface area is 119 Å². The number of hydrogen-bond donors (Lipinski definition) is 1. The van der Waals surface area contributed by atoms with Gasteiger partial charge in [-0.15, -0.1) is 0 Å². The zero-order valence-electron chi connectivity index (χ0n) is 12.6. The van der Waals surface area contributed by atoms with Gasteiger partial charge in [-0.05, 0) is 45.7 Å². The number of aromatic nitrogens is 2. The van der Waals surface area contributed by atoms with Crippen LogP contribution < -0.4 is 0 Å². The first kappa shape index (κ1) is 14.3. The summed E-state index contributed by atoms with van der Waals surface area (Å²) >= 11 is 0. The van der Waals surface area contributed by atoms with Crippen molar-refractivity contribution >= 4 is 5.97 Å². The molecular weight excluding hydrogens is 252 g/mol. The lowest BCUT2D eigenvalue weighted by Gasteiger charge is -2.13. The van der Waals surface area contributed by atoms with Gasteiger partial charge in [-0.2, -0.15) is 5.10 Å². The first-order valence-electron chi connectivity index (χ1n) is 6.66. The molecule has 0 fully saturated rings. The maximum absolute atomic E-state index is 11.0. The molecule has 0 aliphatic heterocycles. The van der Waals surface area contributed by atoms with E-state index in [4.69, 9.17) is 5.11 Å². The molecule has 0 spiro atoms. The fraction of sp³-hybridized carbons (Fsp3) is 0.375. The Morgan fingerprint density at radius 2 is 1.70 bits per heavy atom. The normalized spacial score (nSPS) is 10.8. The van der Waals surface area contributed by atoms with Crippen LogP contribution in [-0.4, -0.2) is 20.9 Å². The van der Waals surface area contributed by atoms with Gasteiger partial charge in [-0.3, -0.25) is 4.79 Å². The van der Waals surface area contributed by atoms with E-state index in [-0.39, 0.29) is 6.42 Å². The Kier molecular flexibility index (Phi) is 3.66. The van der Waals surface area contributed by atoms with Gasteiger partial charge >= 0.3 is 5.97 Å². The molecule has 0 bridgehead atoms.